The first-order chi connectivity index (χ1) is 20.1. The van der Waals surface area contributed by atoms with E-state index in [1.54, 1.807) is 29.2 Å². The van der Waals surface area contributed by atoms with E-state index in [-0.39, 0.29) is 49.5 Å². The first-order valence-electron chi connectivity index (χ1n) is 14.2. The Morgan fingerprint density at radius 3 is 2.31 bits per heavy atom. The number of para-hydroxylation sites is 1. The molecule has 224 valence electrons. The fraction of sp³-hybridized carbons (Fsp3) is 0.375. The lowest BCUT2D eigenvalue weighted by molar-refractivity contribution is -0.141. The monoisotopic (exact) mass is 613 g/mol. The summed E-state index contributed by atoms with van der Waals surface area (Å²) in [4.78, 5) is 29.3. The molecule has 10 heteroatoms. The second kappa shape index (κ2) is 14.6. The molecule has 1 atom stereocenters. The average molecular weight is 614 g/mol. The van der Waals surface area contributed by atoms with Crippen LogP contribution in [0, 0.1) is 5.82 Å². The zero-order valence-electron chi connectivity index (χ0n) is 23.7. The van der Waals surface area contributed by atoms with Gasteiger partial charge in [0.15, 0.2) is 0 Å². The molecule has 3 aromatic rings. The number of nitrogens with zero attached hydrogens (tertiary/aromatic N) is 2. The smallest absolute Gasteiger partial charge is 0.243 e. The molecule has 1 aliphatic carbocycles. The maximum Gasteiger partial charge on any atom is 0.243 e. The van der Waals surface area contributed by atoms with E-state index in [4.69, 9.17) is 11.6 Å². The molecule has 42 heavy (non-hydrogen) atoms. The second-order valence-electron chi connectivity index (χ2n) is 10.7. The van der Waals surface area contributed by atoms with Crippen LogP contribution in [0.2, 0.25) is 5.02 Å². The van der Waals surface area contributed by atoms with Crippen molar-refractivity contribution < 1.29 is 22.4 Å². The first-order valence-corrected chi connectivity index (χ1v) is 16.4. The summed E-state index contributed by atoms with van der Waals surface area (Å²) in [5.74, 6) is -1.19. The predicted octanol–water partition coefficient (Wildman–Crippen LogP) is 5.72. The third-order valence-electron chi connectivity index (χ3n) is 7.49. The summed E-state index contributed by atoms with van der Waals surface area (Å²) >= 11 is 6.25. The molecule has 7 nitrogen and oxygen atoms in total. The van der Waals surface area contributed by atoms with Crippen LogP contribution >= 0.6 is 11.6 Å². The first kappa shape index (κ1) is 31.5. The van der Waals surface area contributed by atoms with Gasteiger partial charge in [-0.2, -0.15) is 0 Å². The highest BCUT2D eigenvalue weighted by atomic mass is 35.5. The van der Waals surface area contributed by atoms with Gasteiger partial charge in [-0.3, -0.25) is 13.9 Å². The van der Waals surface area contributed by atoms with Crippen molar-refractivity contribution in [3.63, 3.8) is 0 Å². The van der Waals surface area contributed by atoms with Crippen LogP contribution in [0.5, 0.6) is 0 Å². The van der Waals surface area contributed by atoms with Crippen LogP contribution in [-0.4, -0.2) is 50.0 Å². The number of hydrogen-bond acceptors (Lipinski definition) is 4. The minimum Gasteiger partial charge on any atom is -0.352 e. The third kappa shape index (κ3) is 8.79. The van der Waals surface area contributed by atoms with Crippen molar-refractivity contribution in [3.05, 3.63) is 101 Å². The van der Waals surface area contributed by atoms with Crippen molar-refractivity contribution in [1.29, 1.82) is 0 Å². The van der Waals surface area contributed by atoms with Gasteiger partial charge in [0.2, 0.25) is 21.8 Å². The summed E-state index contributed by atoms with van der Waals surface area (Å²) in [5, 5.41) is 3.68. The number of carbonyl (C=O) groups excluding carboxylic acids is 2. The van der Waals surface area contributed by atoms with Gasteiger partial charge in [0, 0.05) is 37.0 Å². The van der Waals surface area contributed by atoms with Crippen LogP contribution in [0.4, 0.5) is 10.1 Å². The standard InChI is InChI=1S/C32H37ClFN3O4S/c1-42(40,41)37(29-18-8-7-17-28(29)34)20-10-19-31(38)36(23-25-13-9-14-26(33)21-25)30(22-24-11-3-2-4-12-24)32(39)35-27-15-5-6-16-27/h2-4,7-9,11-14,17-18,21,27,30H,5-6,10,15-16,19-20,22-23H2,1H3,(H,35,39)/t30-/m1/s1. The van der Waals surface area contributed by atoms with Gasteiger partial charge in [0.05, 0.1) is 11.9 Å². The Kier molecular flexibility index (Phi) is 11.0. The van der Waals surface area contributed by atoms with Crippen LogP contribution in [0.3, 0.4) is 0 Å². The molecule has 0 aromatic heterocycles. The molecular weight excluding hydrogens is 577 g/mol. The lowest BCUT2D eigenvalue weighted by atomic mass is 10.0. The number of nitrogens with one attached hydrogen (secondary N) is 1. The van der Waals surface area contributed by atoms with E-state index in [0.29, 0.717) is 11.4 Å². The Morgan fingerprint density at radius 2 is 1.64 bits per heavy atom. The van der Waals surface area contributed by atoms with Gasteiger partial charge in [-0.1, -0.05) is 79.0 Å². The molecule has 2 amide bonds. The maximum atomic E-state index is 14.5. The van der Waals surface area contributed by atoms with Crippen LogP contribution < -0.4 is 9.62 Å². The Morgan fingerprint density at radius 1 is 0.976 bits per heavy atom. The van der Waals surface area contributed by atoms with Gasteiger partial charge in [-0.25, -0.2) is 12.8 Å². The van der Waals surface area contributed by atoms with Crippen molar-refractivity contribution in [3.8, 4) is 0 Å². The minimum absolute atomic E-state index is 0.0387. The number of carbonyl (C=O) groups is 2. The number of halogens is 2. The van der Waals surface area contributed by atoms with E-state index in [2.05, 4.69) is 5.32 Å². The number of anilines is 1. The molecule has 0 saturated heterocycles. The molecule has 1 N–H and O–H groups in total. The summed E-state index contributed by atoms with van der Waals surface area (Å²) in [7, 11) is -3.81. The Bertz CT molecular complexity index is 1470. The fourth-order valence-electron chi connectivity index (χ4n) is 5.39. The molecule has 4 rings (SSSR count). The number of rotatable bonds is 13. The fourth-order valence-corrected chi connectivity index (χ4v) is 6.57. The summed E-state index contributed by atoms with van der Waals surface area (Å²) in [5.41, 5.74) is 1.61. The van der Waals surface area contributed by atoms with E-state index in [9.17, 15) is 22.4 Å². The average Bonchev–Trinajstić information content (AvgIpc) is 3.46. The Labute approximate surface area is 252 Å². The zero-order valence-corrected chi connectivity index (χ0v) is 25.3. The SMILES string of the molecule is CS(=O)(=O)N(CCCC(=O)N(Cc1cccc(Cl)c1)[C@H](Cc1ccccc1)C(=O)NC1CCCC1)c1ccccc1F. The second-order valence-corrected chi connectivity index (χ2v) is 13.1. The molecule has 0 bridgehead atoms. The number of amides is 2. The maximum absolute atomic E-state index is 14.5. The topological polar surface area (TPSA) is 86.8 Å². The van der Waals surface area contributed by atoms with Crippen molar-refractivity contribution in [1.82, 2.24) is 10.2 Å². The van der Waals surface area contributed by atoms with Gasteiger partial charge >= 0.3 is 0 Å². The van der Waals surface area contributed by atoms with E-state index in [1.807, 2.05) is 36.4 Å². The van der Waals surface area contributed by atoms with Crippen molar-refractivity contribution in [2.45, 2.75) is 63.6 Å². The summed E-state index contributed by atoms with van der Waals surface area (Å²) < 4.78 is 40.5. The number of sulfonamides is 1. The molecule has 0 unspecified atom stereocenters. The molecule has 1 fully saturated rings. The molecule has 0 radical (unpaired) electrons. The molecule has 0 heterocycles. The number of benzene rings is 3. The summed E-state index contributed by atoms with van der Waals surface area (Å²) in [6.07, 6.45) is 5.34. The van der Waals surface area contributed by atoms with Gasteiger partial charge < -0.3 is 10.2 Å². The molecule has 3 aromatic carbocycles. The third-order valence-corrected chi connectivity index (χ3v) is 8.90. The van der Waals surface area contributed by atoms with Crippen molar-refractivity contribution in [2.24, 2.45) is 0 Å². The van der Waals surface area contributed by atoms with Crippen LogP contribution in [0.1, 0.15) is 49.7 Å². The summed E-state index contributed by atoms with van der Waals surface area (Å²) in [6.45, 7) is 0.0617. The molecular formula is C32H37ClFN3O4S. The van der Waals surface area contributed by atoms with E-state index >= 15 is 0 Å². The highest BCUT2D eigenvalue weighted by Crippen LogP contribution is 2.24. The summed E-state index contributed by atoms with van der Waals surface area (Å²) in [6, 6.07) is 21.6. The van der Waals surface area contributed by atoms with E-state index < -0.39 is 21.9 Å². The highest BCUT2D eigenvalue weighted by Gasteiger charge is 2.32. The molecule has 1 aliphatic rings. The Hall–Kier alpha value is -3.43. The van der Waals surface area contributed by atoms with Gasteiger partial charge in [0.1, 0.15) is 11.9 Å². The van der Waals surface area contributed by atoms with Gasteiger partial charge in [-0.05, 0) is 54.7 Å². The predicted molar refractivity (Wildman–Crippen MR) is 164 cm³/mol. The van der Waals surface area contributed by atoms with Crippen LogP contribution in [0.15, 0.2) is 78.9 Å². The van der Waals surface area contributed by atoms with E-state index in [0.717, 1.165) is 47.4 Å². The van der Waals surface area contributed by atoms with Crippen LogP contribution in [-0.2, 0) is 32.6 Å². The van der Waals surface area contributed by atoms with Crippen LogP contribution in [0.25, 0.3) is 0 Å². The van der Waals surface area contributed by atoms with Crippen molar-refractivity contribution in [2.75, 3.05) is 17.1 Å². The quantitative estimate of drug-likeness (QED) is 0.267. The zero-order chi connectivity index (χ0) is 30.1. The Balaban J connectivity index is 1.59. The van der Waals surface area contributed by atoms with E-state index in [1.165, 1.54) is 18.2 Å². The van der Waals surface area contributed by atoms with Gasteiger partial charge in [-0.15, -0.1) is 0 Å². The normalized spacial score (nSPS) is 14.4. The molecule has 0 aliphatic heterocycles. The largest absolute Gasteiger partial charge is 0.352 e. The highest BCUT2D eigenvalue weighted by molar-refractivity contribution is 7.92. The van der Waals surface area contributed by atoms with Gasteiger partial charge in [0.25, 0.3) is 0 Å². The molecule has 0 spiro atoms. The van der Waals surface area contributed by atoms with Crippen molar-refractivity contribution >= 4 is 39.1 Å². The lowest BCUT2D eigenvalue weighted by Crippen LogP contribution is -2.52. The molecule has 1 saturated carbocycles. The minimum atomic E-state index is -3.81. The lowest BCUT2D eigenvalue weighted by Gasteiger charge is -2.33. The number of hydrogen-bond donors (Lipinski definition) is 1.